The van der Waals surface area contributed by atoms with Gasteiger partial charge in [0.25, 0.3) is 0 Å². The van der Waals surface area contributed by atoms with Gasteiger partial charge in [-0.3, -0.25) is 9.78 Å². The zero-order chi connectivity index (χ0) is 22.3. The van der Waals surface area contributed by atoms with Gasteiger partial charge in [0.1, 0.15) is 5.75 Å². The standard InChI is InChI=1S/C27H25N3O2.2ClH/c1-32-24-18-29-17-16-23(24)19-12-14-22(15-13-19)30-27(31)26(28)25(20-8-4-2-5-9-20)21-10-6-3-7-11-21;;/h2-18,25-26H,28H2,1H3,(H,30,31);2*1H/t26-;;/m0../s1. The number of halogens is 2. The first kappa shape index (κ1) is 26.9. The average molecular weight is 496 g/mol. The number of carbonyl (C=O) groups is 1. The largest absolute Gasteiger partial charge is 0.494 e. The smallest absolute Gasteiger partial charge is 0.242 e. The highest BCUT2D eigenvalue weighted by Crippen LogP contribution is 2.30. The summed E-state index contributed by atoms with van der Waals surface area (Å²) in [5.74, 6) is 0.203. The normalized spacial score (nSPS) is 11.0. The highest BCUT2D eigenvalue weighted by atomic mass is 35.5. The van der Waals surface area contributed by atoms with Gasteiger partial charge >= 0.3 is 0 Å². The fourth-order valence-corrected chi connectivity index (χ4v) is 3.82. The van der Waals surface area contributed by atoms with E-state index in [1.165, 1.54) is 0 Å². The number of nitrogens with two attached hydrogens (primary N) is 1. The SMILES string of the molecule is COc1cnccc1-c1ccc(NC(=O)[C@@H](N)C(c2ccccc2)c2ccccc2)cc1.Cl.Cl. The van der Waals surface area contributed by atoms with Crippen LogP contribution in [0.4, 0.5) is 5.69 Å². The van der Waals surface area contributed by atoms with Crippen molar-refractivity contribution in [1.29, 1.82) is 0 Å². The number of nitrogens with zero attached hydrogens (tertiary/aromatic N) is 1. The van der Waals surface area contributed by atoms with Crippen molar-refractivity contribution in [1.82, 2.24) is 4.98 Å². The molecule has 1 heterocycles. The number of methoxy groups -OCH3 is 1. The molecule has 176 valence electrons. The molecular formula is C27H27Cl2N3O2. The molecule has 0 saturated carbocycles. The highest BCUT2D eigenvalue weighted by molar-refractivity contribution is 5.96. The molecule has 0 saturated heterocycles. The Morgan fingerprint density at radius 3 is 1.94 bits per heavy atom. The number of hydrogen-bond acceptors (Lipinski definition) is 4. The highest BCUT2D eigenvalue weighted by Gasteiger charge is 2.27. The lowest BCUT2D eigenvalue weighted by Gasteiger charge is -2.24. The maximum absolute atomic E-state index is 13.1. The Hall–Kier alpha value is -3.38. The molecule has 4 aromatic rings. The number of carbonyl (C=O) groups excluding carboxylic acids is 1. The van der Waals surface area contributed by atoms with Gasteiger partial charge in [0.2, 0.25) is 5.91 Å². The molecule has 1 atom stereocenters. The van der Waals surface area contributed by atoms with E-state index in [0.29, 0.717) is 11.4 Å². The first-order valence-electron chi connectivity index (χ1n) is 10.4. The van der Waals surface area contributed by atoms with E-state index in [4.69, 9.17) is 10.5 Å². The van der Waals surface area contributed by atoms with Crippen molar-refractivity contribution >= 4 is 36.4 Å². The molecule has 3 aromatic carbocycles. The molecule has 0 aliphatic carbocycles. The number of amides is 1. The van der Waals surface area contributed by atoms with Crippen molar-refractivity contribution in [3.63, 3.8) is 0 Å². The van der Waals surface area contributed by atoms with Crippen LogP contribution in [0.3, 0.4) is 0 Å². The molecule has 1 aromatic heterocycles. The summed E-state index contributed by atoms with van der Waals surface area (Å²) in [6.45, 7) is 0. The van der Waals surface area contributed by atoms with Crippen molar-refractivity contribution in [2.45, 2.75) is 12.0 Å². The third-order valence-electron chi connectivity index (χ3n) is 5.45. The summed E-state index contributed by atoms with van der Waals surface area (Å²) >= 11 is 0. The molecule has 0 fully saturated rings. The van der Waals surface area contributed by atoms with E-state index in [0.717, 1.165) is 22.3 Å². The first-order valence-corrected chi connectivity index (χ1v) is 10.4. The van der Waals surface area contributed by atoms with E-state index >= 15 is 0 Å². The van der Waals surface area contributed by atoms with Crippen molar-refractivity contribution in [2.24, 2.45) is 5.73 Å². The van der Waals surface area contributed by atoms with E-state index in [9.17, 15) is 4.79 Å². The van der Waals surface area contributed by atoms with Gasteiger partial charge in [-0.2, -0.15) is 0 Å². The van der Waals surface area contributed by atoms with E-state index in [2.05, 4.69) is 10.3 Å². The minimum Gasteiger partial charge on any atom is -0.494 e. The van der Waals surface area contributed by atoms with Gasteiger partial charge in [-0.15, -0.1) is 24.8 Å². The van der Waals surface area contributed by atoms with Gasteiger partial charge in [-0.1, -0.05) is 72.8 Å². The Kier molecular flexibility index (Phi) is 10.1. The summed E-state index contributed by atoms with van der Waals surface area (Å²) in [4.78, 5) is 17.2. The van der Waals surface area contributed by atoms with Gasteiger partial charge in [-0.05, 0) is 34.9 Å². The zero-order valence-corrected chi connectivity index (χ0v) is 20.3. The summed E-state index contributed by atoms with van der Waals surface area (Å²) in [5, 5.41) is 2.96. The number of pyridine rings is 1. The van der Waals surface area contributed by atoms with E-state index < -0.39 is 6.04 Å². The van der Waals surface area contributed by atoms with Crippen molar-refractivity contribution < 1.29 is 9.53 Å². The van der Waals surface area contributed by atoms with Crippen LogP contribution in [-0.2, 0) is 4.79 Å². The molecule has 0 bridgehead atoms. The number of rotatable bonds is 7. The Bertz CT molecular complexity index is 1130. The second-order valence-corrected chi connectivity index (χ2v) is 7.47. The number of anilines is 1. The van der Waals surface area contributed by atoms with Gasteiger partial charge < -0.3 is 15.8 Å². The molecule has 7 heteroatoms. The number of ether oxygens (including phenoxy) is 1. The number of benzene rings is 3. The van der Waals surface area contributed by atoms with Gasteiger partial charge in [-0.25, -0.2) is 0 Å². The van der Waals surface area contributed by atoms with Gasteiger partial charge in [0, 0.05) is 23.4 Å². The predicted octanol–water partition coefficient (Wildman–Crippen LogP) is 5.70. The minimum atomic E-state index is -0.750. The average Bonchev–Trinajstić information content (AvgIpc) is 2.86. The van der Waals surface area contributed by atoms with Gasteiger partial charge in [0.15, 0.2) is 0 Å². The molecule has 1 amide bonds. The Balaban J connectivity index is 0.00000204. The fourth-order valence-electron chi connectivity index (χ4n) is 3.82. The lowest BCUT2D eigenvalue weighted by molar-refractivity contribution is -0.117. The van der Waals surface area contributed by atoms with Crippen LogP contribution in [0.1, 0.15) is 17.0 Å². The molecule has 5 nitrogen and oxygen atoms in total. The minimum absolute atomic E-state index is 0. The van der Waals surface area contributed by atoms with Crippen LogP contribution in [0, 0.1) is 0 Å². The van der Waals surface area contributed by atoms with Gasteiger partial charge in [0.05, 0.1) is 19.3 Å². The van der Waals surface area contributed by atoms with E-state index in [-0.39, 0.29) is 36.6 Å². The monoisotopic (exact) mass is 495 g/mol. The molecular weight excluding hydrogens is 469 g/mol. The topological polar surface area (TPSA) is 77.2 Å². The number of hydrogen-bond donors (Lipinski definition) is 2. The van der Waals surface area contributed by atoms with Crippen LogP contribution in [0.15, 0.2) is 103 Å². The molecule has 0 spiro atoms. The molecule has 0 radical (unpaired) electrons. The van der Waals surface area contributed by atoms with Crippen LogP contribution < -0.4 is 15.8 Å². The third kappa shape index (κ3) is 6.14. The summed E-state index contributed by atoms with van der Waals surface area (Å²) in [6, 6.07) is 28.5. The molecule has 34 heavy (non-hydrogen) atoms. The van der Waals surface area contributed by atoms with Crippen LogP contribution in [0.25, 0.3) is 11.1 Å². The summed E-state index contributed by atoms with van der Waals surface area (Å²) in [5.41, 5.74) is 11.1. The third-order valence-corrected chi connectivity index (χ3v) is 5.45. The summed E-state index contributed by atoms with van der Waals surface area (Å²) in [6.07, 6.45) is 3.40. The molecule has 4 rings (SSSR count). The number of nitrogens with one attached hydrogen (secondary N) is 1. The number of aromatic nitrogens is 1. The lowest BCUT2D eigenvalue weighted by Crippen LogP contribution is -2.41. The van der Waals surface area contributed by atoms with Crippen molar-refractivity contribution in [3.8, 4) is 16.9 Å². The van der Waals surface area contributed by atoms with Crippen molar-refractivity contribution in [3.05, 3.63) is 115 Å². The van der Waals surface area contributed by atoms with E-state index in [1.54, 1.807) is 19.5 Å². The maximum atomic E-state index is 13.1. The summed E-state index contributed by atoms with van der Waals surface area (Å²) in [7, 11) is 1.62. The van der Waals surface area contributed by atoms with Crippen molar-refractivity contribution in [2.75, 3.05) is 12.4 Å². The molecule has 0 aliphatic heterocycles. The van der Waals surface area contributed by atoms with Crippen LogP contribution in [0.2, 0.25) is 0 Å². The first-order chi connectivity index (χ1) is 15.7. The molecule has 3 N–H and O–H groups in total. The Labute approximate surface area is 212 Å². The lowest BCUT2D eigenvalue weighted by atomic mass is 9.85. The van der Waals surface area contributed by atoms with Crippen LogP contribution in [-0.4, -0.2) is 24.0 Å². The second-order valence-electron chi connectivity index (χ2n) is 7.47. The second kappa shape index (κ2) is 12.8. The fraction of sp³-hybridized carbons (Fsp3) is 0.111. The van der Waals surface area contributed by atoms with Crippen LogP contribution >= 0.6 is 24.8 Å². The predicted molar refractivity (Wildman–Crippen MR) is 142 cm³/mol. The quantitative estimate of drug-likeness (QED) is 0.344. The maximum Gasteiger partial charge on any atom is 0.242 e. The Morgan fingerprint density at radius 1 is 0.853 bits per heavy atom. The zero-order valence-electron chi connectivity index (χ0n) is 18.6. The van der Waals surface area contributed by atoms with Crippen LogP contribution in [0.5, 0.6) is 5.75 Å². The summed E-state index contributed by atoms with van der Waals surface area (Å²) < 4.78 is 5.39. The Morgan fingerprint density at radius 2 is 1.41 bits per heavy atom. The molecule has 0 aliphatic rings. The molecule has 0 unspecified atom stereocenters. The van der Waals surface area contributed by atoms with E-state index in [1.807, 2.05) is 91.0 Å².